The Bertz CT molecular complexity index is 1380. The predicted octanol–water partition coefficient (Wildman–Crippen LogP) is 19.3. The van der Waals surface area contributed by atoms with Crippen LogP contribution >= 0.6 is 0 Å². The zero-order chi connectivity index (χ0) is 50.0. The fourth-order valence-corrected chi connectivity index (χ4v) is 7.74. The highest BCUT2D eigenvalue weighted by Crippen LogP contribution is 2.14. The summed E-state index contributed by atoms with van der Waals surface area (Å²) in [5.74, 6) is -0.974. The van der Waals surface area contributed by atoms with Crippen molar-refractivity contribution in [2.45, 2.75) is 271 Å². The maximum Gasteiger partial charge on any atom is 0.306 e. The highest BCUT2D eigenvalue weighted by Gasteiger charge is 2.19. The van der Waals surface area contributed by atoms with Gasteiger partial charge in [-0.05, 0) is 116 Å². The first kappa shape index (κ1) is 65.3. The maximum absolute atomic E-state index is 12.8. The number of hydrogen-bond acceptors (Lipinski definition) is 6. The van der Waals surface area contributed by atoms with Crippen LogP contribution in [-0.2, 0) is 28.6 Å². The van der Waals surface area contributed by atoms with E-state index >= 15 is 0 Å². The molecular weight excluding hydrogens is 853 g/mol. The third-order valence-electron chi connectivity index (χ3n) is 12.0. The largest absolute Gasteiger partial charge is 0.462 e. The third-order valence-corrected chi connectivity index (χ3v) is 12.0. The second-order valence-corrected chi connectivity index (χ2v) is 18.8. The Hall–Kier alpha value is -3.67. The molecule has 0 rings (SSSR count). The fraction of sp³-hybridized carbons (Fsp3) is 0.698. The minimum Gasteiger partial charge on any atom is -0.462 e. The van der Waals surface area contributed by atoms with Gasteiger partial charge in [0.2, 0.25) is 0 Å². The van der Waals surface area contributed by atoms with Crippen molar-refractivity contribution in [3.8, 4) is 0 Å². The Morgan fingerprint density at radius 2 is 0.580 bits per heavy atom. The number of allylic oxidation sites excluding steroid dienone is 16. The zero-order valence-electron chi connectivity index (χ0n) is 45.0. The topological polar surface area (TPSA) is 78.9 Å². The molecule has 0 aliphatic rings. The van der Waals surface area contributed by atoms with Crippen molar-refractivity contribution >= 4 is 17.9 Å². The van der Waals surface area contributed by atoms with E-state index in [4.69, 9.17) is 14.2 Å². The molecule has 6 nitrogen and oxygen atoms in total. The van der Waals surface area contributed by atoms with Crippen molar-refractivity contribution in [2.75, 3.05) is 13.2 Å². The first-order chi connectivity index (χ1) is 34.0. The molecule has 69 heavy (non-hydrogen) atoms. The minimum atomic E-state index is -0.813. The minimum absolute atomic E-state index is 0.105. The van der Waals surface area contributed by atoms with E-state index in [-0.39, 0.29) is 37.5 Å². The molecule has 0 fully saturated rings. The van der Waals surface area contributed by atoms with Crippen molar-refractivity contribution in [2.24, 2.45) is 0 Å². The Morgan fingerprint density at radius 3 is 0.971 bits per heavy atom. The number of carbonyl (C=O) groups excluding carboxylic acids is 3. The van der Waals surface area contributed by atoms with Gasteiger partial charge in [0.15, 0.2) is 6.10 Å². The monoisotopic (exact) mass is 959 g/mol. The summed E-state index contributed by atoms with van der Waals surface area (Å²) >= 11 is 0. The Kier molecular flexibility index (Phi) is 53.9. The summed E-state index contributed by atoms with van der Waals surface area (Å²) in [6.07, 6.45) is 75.4. The number of unbranched alkanes of at least 4 members (excludes halogenated alkanes) is 24. The van der Waals surface area contributed by atoms with Gasteiger partial charge in [-0.1, -0.05) is 227 Å². The Balaban J connectivity index is 4.48. The van der Waals surface area contributed by atoms with Gasteiger partial charge in [0, 0.05) is 19.3 Å². The first-order valence-electron chi connectivity index (χ1n) is 28.7. The van der Waals surface area contributed by atoms with E-state index < -0.39 is 6.10 Å². The average molecular weight is 960 g/mol. The summed E-state index contributed by atoms with van der Waals surface area (Å²) in [5.41, 5.74) is 0. The lowest BCUT2D eigenvalue weighted by molar-refractivity contribution is -0.167. The van der Waals surface area contributed by atoms with Gasteiger partial charge in [0.1, 0.15) is 13.2 Å². The molecule has 1 atom stereocenters. The molecule has 0 amide bonds. The SMILES string of the molecule is CC/C=C\C/C=C\C/C=C\C/C=C\C/C=C\CCCC(=O)OC(COC(=O)CCCCCCC/C=C\CCCCCCCC)COC(=O)CCCCCCCCCCC/C=C\C/C=C\CCCCC. The van der Waals surface area contributed by atoms with Gasteiger partial charge in [0.05, 0.1) is 0 Å². The molecule has 0 aliphatic heterocycles. The molecule has 0 radical (unpaired) electrons. The number of rotatable bonds is 51. The molecule has 0 saturated heterocycles. The van der Waals surface area contributed by atoms with Gasteiger partial charge in [-0.15, -0.1) is 0 Å². The lowest BCUT2D eigenvalue weighted by Crippen LogP contribution is -2.30. The molecule has 6 heteroatoms. The first-order valence-corrected chi connectivity index (χ1v) is 28.7. The van der Waals surface area contributed by atoms with Gasteiger partial charge < -0.3 is 14.2 Å². The molecule has 0 aromatic rings. The molecule has 0 aromatic carbocycles. The van der Waals surface area contributed by atoms with Crippen molar-refractivity contribution in [3.05, 3.63) is 97.2 Å². The summed E-state index contributed by atoms with van der Waals surface area (Å²) in [5, 5.41) is 0. The van der Waals surface area contributed by atoms with Crippen LogP contribution in [-0.4, -0.2) is 37.2 Å². The number of esters is 3. The normalized spacial score (nSPS) is 12.8. The molecule has 0 heterocycles. The van der Waals surface area contributed by atoms with Crippen LogP contribution in [0.25, 0.3) is 0 Å². The predicted molar refractivity (Wildman–Crippen MR) is 297 cm³/mol. The molecular formula is C63H106O6. The average Bonchev–Trinajstić information content (AvgIpc) is 3.35. The van der Waals surface area contributed by atoms with Crippen LogP contribution in [0.4, 0.5) is 0 Å². The van der Waals surface area contributed by atoms with E-state index in [0.717, 1.165) is 96.3 Å². The van der Waals surface area contributed by atoms with Crippen molar-refractivity contribution in [1.82, 2.24) is 0 Å². The van der Waals surface area contributed by atoms with E-state index in [1.165, 1.54) is 122 Å². The number of hydrogen-bond donors (Lipinski definition) is 0. The standard InChI is InChI=1S/C63H106O6/c1-4-7-10-13-16-19-22-25-28-30-31-33-35-38-41-44-47-50-53-56-62(65)68-59-60(58-67-61(64)55-52-49-46-43-40-37-34-27-24-21-18-15-12-9-6-3)69-63(66)57-54-51-48-45-42-39-36-32-29-26-23-20-17-14-11-8-5-2/h8,11,16-17,19-20,25-29,34,36,39,45,48,60H,4-7,9-10,12-15,18,21-24,30-33,35,37-38,40-44,46-47,49-59H2,1-3H3/b11-8-,19-16-,20-17-,28-25-,29-26-,34-27-,39-36-,48-45-. The van der Waals surface area contributed by atoms with Crippen LogP contribution < -0.4 is 0 Å². The third kappa shape index (κ3) is 55.1. The summed E-state index contributed by atoms with van der Waals surface area (Å²) in [6.45, 7) is 6.45. The van der Waals surface area contributed by atoms with Crippen LogP contribution in [0.1, 0.15) is 265 Å². The maximum atomic E-state index is 12.8. The van der Waals surface area contributed by atoms with Crippen LogP contribution in [0.15, 0.2) is 97.2 Å². The quantitative estimate of drug-likeness (QED) is 0.0262. The molecule has 0 aliphatic carbocycles. The van der Waals surface area contributed by atoms with Gasteiger partial charge in [-0.2, -0.15) is 0 Å². The highest BCUT2D eigenvalue weighted by molar-refractivity contribution is 5.71. The van der Waals surface area contributed by atoms with E-state index in [2.05, 4.69) is 118 Å². The number of carbonyl (C=O) groups is 3. The van der Waals surface area contributed by atoms with Crippen LogP contribution in [0.2, 0.25) is 0 Å². The molecule has 0 bridgehead atoms. The molecule has 0 spiro atoms. The van der Waals surface area contributed by atoms with E-state index in [0.29, 0.717) is 19.3 Å². The molecule has 1 unspecified atom stereocenters. The van der Waals surface area contributed by atoms with Crippen LogP contribution in [0.3, 0.4) is 0 Å². The van der Waals surface area contributed by atoms with Gasteiger partial charge >= 0.3 is 17.9 Å². The van der Waals surface area contributed by atoms with Crippen molar-refractivity contribution in [3.63, 3.8) is 0 Å². The molecule has 394 valence electrons. The summed E-state index contributed by atoms with van der Waals surface area (Å²) in [6, 6.07) is 0. The highest BCUT2D eigenvalue weighted by atomic mass is 16.6. The van der Waals surface area contributed by atoms with Crippen LogP contribution in [0, 0.1) is 0 Å². The van der Waals surface area contributed by atoms with Gasteiger partial charge in [0.25, 0.3) is 0 Å². The molecule has 0 N–H and O–H groups in total. The van der Waals surface area contributed by atoms with E-state index in [1.54, 1.807) is 0 Å². The van der Waals surface area contributed by atoms with E-state index in [1.807, 2.05) is 0 Å². The summed E-state index contributed by atoms with van der Waals surface area (Å²) in [7, 11) is 0. The Labute approximate surface area is 426 Å². The smallest absolute Gasteiger partial charge is 0.306 e. The fourth-order valence-electron chi connectivity index (χ4n) is 7.74. The lowest BCUT2D eigenvalue weighted by Gasteiger charge is -2.18. The summed E-state index contributed by atoms with van der Waals surface area (Å²) < 4.78 is 16.8. The second kappa shape index (κ2) is 56.9. The zero-order valence-corrected chi connectivity index (χ0v) is 45.0. The van der Waals surface area contributed by atoms with Gasteiger partial charge in [-0.25, -0.2) is 0 Å². The van der Waals surface area contributed by atoms with Crippen molar-refractivity contribution in [1.29, 1.82) is 0 Å². The molecule has 0 saturated carbocycles. The van der Waals surface area contributed by atoms with Crippen LogP contribution in [0.5, 0.6) is 0 Å². The van der Waals surface area contributed by atoms with Gasteiger partial charge in [-0.3, -0.25) is 14.4 Å². The second-order valence-electron chi connectivity index (χ2n) is 18.8. The van der Waals surface area contributed by atoms with E-state index in [9.17, 15) is 14.4 Å². The van der Waals surface area contributed by atoms with Crippen molar-refractivity contribution < 1.29 is 28.6 Å². The number of ether oxygens (including phenoxy) is 3. The Morgan fingerprint density at radius 1 is 0.304 bits per heavy atom. The lowest BCUT2D eigenvalue weighted by atomic mass is 10.1. The summed E-state index contributed by atoms with van der Waals surface area (Å²) in [4.78, 5) is 38.1. The molecule has 0 aromatic heterocycles.